The zero-order valence-corrected chi connectivity index (χ0v) is 14.0. The SMILES string of the molecule is Cc1cc(C(O)CCNC(=O)c2cc(=O)c3ccccc3o2)c(C)o1. The quantitative estimate of drug-likeness (QED) is 0.744. The number of rotatable bonds is 5. The van der Waals surface area contributed by atoms with Crippen molar-refractivity contribution in [3.05, 3.63) is 69.5 Å². The van der Waals surface area contributed by atoms with Crippen molar-refractivity contribution >= 4 is 16.9 Å². The Morgan fingerprint density at radius 1 is 1.20 bits per heavy atom. The van der Waals surface area contributed by atoms with Crippen molar-refractivity contribution in [2.75, 3.05) is 6.54 Å². The number of hydrogen-bond donors (Lipinski definition) is 2. The molecule has 1 unspecified atom stereocenters. The first-order valence-corrected chi connectivity index (χ1v) is 8.02. The van der Waals surface area contributed by atoms with E-state index in [1.165, 1.54) is 6.07 Å². The Morgan fingerprint density at radius 3 is 2.68 bits per heavy atom. The summed E-state index contributed by atoms with van der Waals surface area (Å²) in [6.07, 6.45) is -0.412. The van der Waals surface area contributed by atoms with Crippen LogP contribution in [0, 0.1) is 13.8 Å². The minimum Gasteiger partial charge on any atom is -0.466 e. The van der Waals surface area contributed by atoms with Crippen molar-refractivity contribution in [2.24, 2.45) is 0 Å². The minimum atomic E-state index is -0.735. The lowest BCUT2D eigenvalue weighted by atomic mass is 10.1. The molecule has 130 valence electrons. The van der Waals surface area contributed by atoms with Crippen LogP contribution < -0.4 is 10.7 Å². The van der Waals surface area contributed by atoms with Crippen LogP contribution in [0.25, 0.3) is 11.0 Å². The second kappa shape index (κ2) is 6.94. The molecule has 0 aliphatic rings. The first-order valence-electron chi connectivity index (χ1n) is 8.02. The third-order valence-corrected chi connectivity index (χ3v) is 4.00. The van der Waals surface area contributed by atoms with Gasteiger partial charge in [0.25, 0.3) is 5.91 Å². The number of fused-ring (bicyclic) bond motifs is 1. The number of para-hydroxylation sites is 1. The summed E-state index contributed by atoms with van der Waals surface area (Å²) in [5.41, 5.74) is 0.810. The van der Waals surface area contributed by atoms with E-state index in [4.69, 9.17) is 8.83 Å². The smallest absolute Gasteiger partial charge is 0.287 e. The Hall–Kier alpha value is -2.86. The normalized spacial score (nSPS) is 12.3. The number of aryl methyl sites for hydroxylation is 2. The summed E-state index contributed by atoms with van der Waals surface area (Å²) in [6, 6.07) is 9.72. The molecule has 0 saturated heterocycles. The molecule has 25 heavy (non-hydrogen) atoms. The van der Waals surface area contributed by atoms with Crippen LogP contribution in [0.5, 0.6) is 0 Å². The van der Waals surface area contributed by atoms with Crippen LogP contribution >= 0.6 is 0 Å². The zero-order valence-electron chi connectivity index (χ0n) is 14.0. The Balaban J connectivity index is 1.65. The number of nitrogens with one attached hydrogen (secondary N) is 1. The molecule has 6 heteroatoms. The second-order valence-electron chi connectivity index (χ2n) is 5.90. The van der Waals surface area contributed by atoms with Crippen molar-refractivity contribution in [3.63, 3.8) is 0 Å². The summed E-state index contributed by atoms with van der Waals surface area (Å²) < 4.78 is 10.9. The van der Waals surface area contributed by atoms with Crippen molar-refractivity contribution < 1.29 is 18.7 Å². The molecule has 2 aromatic heterocycles. The molecule has 0 spiro atoms. The van der Waals surface area contributed by atoms with Gasteiger partial charge in [0.1, 0.15) is 17.1 Å². The van der Waals surface area contributed by atoms with Gasteiger partial charge in [-0.25, -0.2) is 0 Å². The molecule has 6 nitrogen and oxygen atoms in total. The Kier molecular flexibility index (Phi) is 4.72. The highest BCUT2D eigenvalue weighted by Gasteiger charge is 2.16. The molecular formula is C19H19NO5. The molecule has 1 amide bonds. The maximum atomic E-state index is 12.2. The highest BCUT2D eigenvalue weighted by molar-refractivity contribution is 5.93. The van der Waals surface area contributed by atoms with E-state index in [-0.39, 0.29) is 17.7 Å². The standard InChI is InChI=1S/C19H19NO5/c1-11-9-14(12(2)24-11)15(21)7-8-20-19(23)18-10-16(22)13-5-3-4-6-17(13)25-18/h3-6,9-10,15,21H,7-8H2,1-2H3,(H,20,23). The van der Waals surface area contributed by atoms with Crippen LogP contribution in [-0.2, 0) is 0 Å². The fraction of sp³-hybridized carbons (Fsp3) is 0.263. The van der Waals surface area contributed by atoms with E-state index in [1.807, 2.05) is 6.92 Å². The number of carbonyl (C=O) groups is 1. The number of amides is 1. The summed E-state index contributed by atoms with van der Waals surface area (Å²) in [4.78, 5) is 24.2. The molecule has 0 bridgehead atoms. The van der Waals surface area contributed by atoms with E-state index in [0.29, 0.717) is 28.7 Å². The van der Waals surface area contributed by atoms with E-state index in [2.05, 4.69) is 5.32 Å². The van der Waals surface area contributed by atoms with Crippen LogP contribution in [0.1, 0.15) is 40.2 Å². The number of aliphatic hydroxyl groups is 1. The molecule has 0 radical (unpaired) electrons. The first-order chi connectivity index (χ1) is 12.0. The predicted octanol–water partition coefficient (Wildman–Crippen LogP) is 2.86. The van der Waals surface area contributed by atoms with Gasteiger partial charge in [-0.2, -0.15) is 0 Å². The monoisotopic (exact) mass is 341 g/mol. The zero-order chi connectivity index (χ0) is 18.0. The number of benzene rings is 1. The highest BCUT2D eigenvalue weighted by Crippen LogP contribution is 2.23. The van der Waals surface area contributed by atoms with Gasteiger partial charge in [0.05, 0.1) is 11.5 Å². The Labute approximate surface area is 144 Å². The second-order valence-corrected chi connectivity index (χ2v) is 5.90. The summed E-state index contributed by atoms with van der Waals surface area (Å²) in [5, 5.41) is 13.3. The molecule has 3 aromatic rings. The van der Waals surface area contributed by atoms with Crippen molar-refractivity contribution in [3.8, 4) is 0 Å². The van der Waals surface area contributed by atoms with Crippen LogP contribution in [0.4, 0.5) is 0 Å². The number of carbonyl (C=O) groups excluding carboxylic acids is 1. The lowest BCUT2D eigenvalue weighted by Crippen LogP contribution is -2.26. The topological polar surface area (TPSA) is 92.7 Å². The maximum Gasteiger partial charge on any atom is 0.287 e. The number of aliphatic hydroxyl groups excluding tert-OH is 1. The van der Waals surface area contributed by atoms with Gasteiger partial charge in [0.15, 0.2) is 11.2 Å². The highest BCUT2D eigenvalue weighted by atomic mass is 16.3. The van der Waals surface area contributed by atoms with Crippen molar-refractivity contribution in [1.29, 1.82) is 0 Å². The molecule has 2 N–H and O–H groups in total. The molecule has 1 aromatic carbocycles. The summed E-state index contributed by atoms with van der Waals surface area (Å²) in [6.45, 7) is 3.83. The molecule has 0 aliphatic carbocycles. The predicted molar refractivity (Wildman–Crippen MR) is 92.6 cm³/mol. The minimum absolute atomic E-state index is 0.0477. The lowest BCUT2D eigenvalue weighted by molar-refractivity contribution is 0.0915. The lowest BCUT2D eigenvalue weighted by Gasteiger charge is -2.10. The summed E-state index contributed by atoms with van der Waals surface area (Å²) in [5.74, 6) is 0.856. The third kappa shape index (κ3) is 3.64. The summed E-state index contributed by atoms with van der Waals surface area (Å²) in [7, 11) is 0. The number of furan rings is 1. The van der Waals surface area contributed by atoms with E-state index >= 15 is 0 Å². The van der Waals surface area contributed by atoms with Crippen molar-refractivity contribution in [2.45, 2.75) is 26.4 Å². The largest absolute Gasteiger partial charge is 0.466 e. The van der Waals surface area contributed by atoms with Crippen LogP contribution in [-0.4, -0.2) is 17.6 Å². The van der Waals surface area contributed by atoms with E-state index < -0.39 is 12.0 Å². The van der Waals surface area contributed by atoms with E-state index in [0.717, 1.165) is 5.76 Å². The first kappa shape index (κ1) is 17.0. The fourth-order valence-corrected chi connectivity index (χ4v) is 2.76. The number of hydrogen-bond acceptors (Lipinski definition) is 5. The molecule has 0 saturated carbocycles. The molecule has 2 heterocycles. The van der Waals surface area contributed by atoms with Gasteiger partial charge in [-0.15, -0.1) is 0 Å². The Bertz CT molecular complexity index is 969. The van der Waals surface area contributed by atoms with Crippen LogP contribution in [0.3, 0.4) is 0 Å². The van der Waals surface area contributed by atoms with Crippen LogP contribution in [0.2, 0.25) is 0 Å². The molecule has 1 atom stereocenters. The van der Waals surface area contributed by atoms with E-state index in [9.17, 15) is 14.7 Å². The fourth-order valence-electron chi connectivity index (χ4n) is 2.76. The van der Waals surface area contributed by atoms with Gasteiger partial charge in [-0.05, 0) is 38.5 Å². The van der Waals surface area contributed by atoms with Crippen molar-refractivity contribution in [1.82, 2.24) is 5.32 Å². The average Bonchev–Trinajstić information content (AvgIpc) is 2.93. The van der Waals surface area contributed by atoms with Gasteiger partial charge in [-0.3, -0.25) is 9.59 Å². The molecular weight excluding hydrogens is 322 g/mol. The van der Waals surface area contributed by atoms with Gasteiger partial charge in [-0.1, -0.05) is 12.1 Å². The molecule has 3 rings (SSSR count). The summed E-state index contributed by atoms with van der Waals surface area (Å²) >= 11 is 0. The van der Waals surface area contributed by atoms with E-state index in [1.54, 1.807) is 37.3 Å². The van der Waals surface area contributed by atoms with Gasteiger partial charge in [0.2, 0.25) is 0 Å². The Morgan fingerprint density at radius 2 is 1.96 bits per heavy atom. The average molecular weight is 341 g/mol. The maximum absolute atomic E-state index is 12.2. The van der Waals surface area contributed by atoms with Crippen LogP contribution in [0.15, 0.2) is 50.0 Å². The third-order valence-electron chi connectivity index (χ3n) is 4.00. The van der Waals surface area contributed by atoms with Gasteiger partial charge in [0, 0.05) is 18.2 Å². The van der Waals surface area contributed by atoms with Gasteiger partial charge >= 0.3 is 0 Å². The molecule has 0 fully saturated rings. The molecule has 0 aliphatic heterocycles. The van der Waals surface area contributed by atoms with Gasteiger partial charge < -0.3 is 19.3 Å².